The molecule has 0 aromatic heterocycles. The predicted molar refractivity (Wildman–Crippen MR) is 122 cm³/mol. The van der Waals surface area contributed by atoms with Crippen molar-refractivity contribution < 1.29 is 23.9 Å². The molecule has 1 aliphatic heterocycles. The van der Waals surface area contributed by atoms with E-state index in [9.17, 15) is 14.4 Å². The summed E-state index contributed by atoms with van der Waals surface area (Å²) < 4.78 is 10.6. The van der Waals surface area contributed by atoms with Crippen LogP contribution in [0.3, 0.4) is 0 Å². The zero-order chi connectivity index (χ0) is 23.3. The van der Waals surface area contributed by atoms with Gasteiger partial charge in [0, 0.05) is 18.3 Å². The number of imide groups is 1. The van der Waals surface area contributed by atoms with Gasteiger partial charge in [0.1, 0.15) is 17.5 Å². The first kappa shape index (κ1) is 23.1. The second-order valence-corrected chi connectivity index (χ2v) is 7.93. The molecular weight excluding hydrogens is 410 g/mol. The van der Waals surface area contributed by atoms with Gasteiger partial charge >= 0.3 is 6.03 Å². The van der Waals surface area contributed by atoms with Gasteiger partial charge in [-0.25, -0.2) is 9.69 Å². The maximum Gasteiger partial charge on any atom is 0.332 e. The fraction of sp³-hybridized carbons (Fsp3) is 0.375. The second-order valence-electron chi connectivity index (χ2n) is 7.93. The zero-order valence-corrected chi connectivity index (χ0v) is 18.8. The van der Waals surface area contributed by atoms with Crippen LogP contribution in [-0.4, -0.2) is 49.0 Å². The number of urea groups is 1. The number of methoxy groups -OCH3 is 1. The Morgan fingerprint density at radius 3 is 2.44 bits per heavy atom. The number of nitrogens with zero attached hydrogens (tertiary/aromatic N) is 2. The summed E-state index contributed by atoms with van der Waals surface area (Å²) in [7, 11) is 1.52. The normalized spacial score (nSPS) is 16.0. The number of carbonyl (C=O) groups is 3. The molecule has 2 aromatic rings. The quantitative estimate of drug-likeness (QED) is 0.599. The number of nitrogens with one attached hydrogen (secondary N) is 1. The maximum absolute atomic E-state index is 13.2. The Hall–Kier alpha value is -3.55. The zero-order valence-electron chi connectivity index (χ0n) is 18.8. The number of benzene rings is 2. The van der Waals surface area contributed by atoms with Gasteiger partial charge in [0.2, 0.25) is 5.91 Å². The standard InChI is InChI=1S/C24H29N3O5/c1-5-32-19-11-9-17(10-12-19)25-22(28)14-21-23(29)27(24(30)26(21)15-16(2)3)18-7-6-8-20(13-18)31-4/h6-13,16,21H,5,14-15H2,1-4H3,(H,25,28)/t21-/m1/s1. The first-order chi connectivity index (χ1) is 15.3. The van der Waals surface area contributed by atoms with Crippen LogP contribution in [0.2, 0.25) is 0 Å². The highest BCUT2D eigenvalue weighted by Gasteiger charge is 2.46. The molecule has 8 nitrogen and oxygen atoms in total. The number of amides is 4. The van der Waals surface area contributed by atoms with Crippen molar-refractivity contribution in [2.24, 2.45) is 5.92 Å². The smallest absolute Gasteiger partial charge is 0.332 e. The molecule has 0 aliphatic carbocycles. The van der Waals surface area contributed by atoms with Crippen molar-refractivity contribution in [2.45, 2.75) is 33.2 Å². The minimum absolute atomic E-state index is 0.133. The molecule has 170 valence electrons. The van der Waals surface area contributed by atoms with Gasteiger partial charge in [-0.05, 0) is 49.2 Å². The van der Waals surface area contributed by atoms with Crippen molar-refractivity contribution in [1.82, 2.24) is 4.90 Å². The minimum atomic E-state index is -0.876. The topological polar surface area (TPSA) is 88.2 Å². The van der Waals surface area contributed by atoms with Crippen LogP contribution in [0.5, 0.6) is 11.5 Å². The molecule has 0 saturated carbocycles. The Morgan fingerprint density at radius 1 is 1.09 bits per heavy atom. The fourth-order valence-corrected chi connectivity index (χ4v) is 3.61. The summed E-state index contributed by atoms with van der Waals surface area (Å²) in [5, 5.41) is 2.80. The molecule has 32 heavy (non-hydrogen) atoms. The molecule has 0 bridgehead atoms. The molecule has 0 spiro atoms. The van der Waals surface area contributed by atoms with Crippen LogP contribution in [0.15, 0.2) is 48.5 Å². The number of hydrogen-bond acceptors (Lipinski definition) is 5. The molecule has 1 heterocycles. The predicted octanol–water partition coefficient (Wildman–Crippen LogP) is 3.92. The first-order valence-electron chi connectivity index (χ1n) is 10.6. The Bertz CT molecular complexity index is 974. The van der Waals surface area contributed by atoms with E-state index in [1.54, 1.807) is 48.5 Å². The molecule has 2 aromatic carbocycles. The lowest BCUT2D eigenvalue weighted by Gasteiger charge is -2.23. The van der Waals surface area contributed by atoms with Gasteiger partial charge in [-0.2, -0.15) is 0 Å². The minimum Gasteiger partial charge on any atom is -0.497 e. The Morgan fingerprint density at radius 2 is 1.81 bits per heavy atom. The molecule has 8 heteroatoms. The highest BCUT2D eigenvalue weighted by molar-refractivity contribution is 6.22. The fourth-order valence-electron chi connectivity index (χ4n) is 3.61. The van der Waals surface area contributed by atoms with Crippen molar-refractivity contribution >= 4 is 29.2 Å². The SMILES string of the molecule is CCOc1ccc(NC(=O)C[C@@H]2C(=O)N(c3cccc(OC)c3)C(=O)N2CC(C)C)cc1. The Labute approximate surface area is 188 Å². The van der Waals surface area contributed by atoms with Gasteiger partial charge in [0.15, 0.2) is 0 Å². The van der Waals surface area contributed by atoms with Crippen molar-refractivity contribution in [1.29, 1.82) is 0 Å². The number of rotatable bonds is 9. The average Bonchev–Trinajstić information content (AvgIpc) is 2.99. The van der Waals surface area contributed by atoms with E-state index in [4.69, 9.17) is 9.47 Å². The first-order valence-corrected chi connectivity index (χ1v) is 10.6. The van der Waals surface area contributed by atoms with Crippen LogP contribution in [0.1, 0.15) is 27.2 Å². The third kappa shape index (κ3) is 5.19. The summed E-state index contributed by atoms with van der Waals surface area (Å²) in [4.78, 5) is 41.7. The Kier molecular flexibility index (Phi) is 7.35. The lowest BCUT2D eigenvalue weighted by Crippen LogP contribution is -2.40. The largest absolute Gasteiger partial charge is 0.497 e. The van der Waals surface area contributed by atoms with E-state index in [1.807, 2.05) is 20.8 Å². The van der Waals surface area contributed by atoms with E-state index in [0.29, 0.717) is 36.0 Å². The van der Waals surface area contributed by atoms with Gasteiger partial charge in [0.25, 0.3) is 5.91 Å². The van der Waals surface area contributed by atoms with Gasteiger partial charge in [-0.3, -0.25) is 9.59 Å². The summed E-state index contributed by atoms with van der Waals surface area (Å²) in [5.41, 5.74) is 1.01. The van der Waals surface area contributed by atoms with Crippen molar-refractivity contribution in [2.75, 3.05) is 30.5 Å². The molecule has 1 N–H and O–H groups in total. The van der Waals surface area contributed by atoms with Crippen LogP contribution >= 0.6 is 0 Å². The van der Waals surface area contributed by atoms with Crippen LogP contribution in [0, 0.1) is 5.92 Å². The van der Waals surface area contributed by atoms with Crippen LogP contribution < -0.4 is 19.7 Å². The third-order valence-electron chi connectivity index (χ3n) is 5.02. The van der Waals surface area contributed by atoms with Crippen molar-refractivity contribution in [3.63, 3.8) is 0 Å². The van der Waals surface area contributed by atoms with E-state index in [2.05, 4.69) is 5.32 Å². The lowest BCUT2D eigenvalue weighted by atomic mass is 10.1. The van der Waals surface area contributed by atoms with Gasteiger partial charge in [-0.1, -0.05) is 19.9 Å². The van der Waals surface area contributed by atoms with E-state index < -0.39 is 18.0 Å². The molecule has 1 fully saturated rings. The molecule has 0 radical (unpaired) electrons. The van der Waals surface area contributed by atoms with Crippen molar-refractivity contribution in [3.8, 4) is 11.5 Å². The number of anilines is 2. The highest BCUT2D eigenvalue weighted by Crippen LogP contribution is 2.30. The van der Waals surface area contributed by atoms with Gasteiger partial charge in [-0.15, -0.1) is 0 Å². The van der Waals surface area contributed by atoms with Crippen LogP contribution in [0.25, 0.3) is 0 Å². The van der Waals surface area contributed by atoms with E-state index in [1.165, 1.54) is 12.0 Å². The summed E-state index contributed by atoms with van der Waals surface area (Å²) in [5.74, 6) is 0.607. The number of ether oxygens (including phenoxy) is 2. The average molecular weight is 440 g/mol. The maximum atomic E-state index is 13.2. The number of carbonyl (C=O) groups excluding carboxylic acids is 3. The summed E-state index contributed by atoms with van der Waals surface area (Å²) in [6.45, 7) is 6.74. The number of hydrogen-bond donors (Lipinski definition) is 1. The van der Waals surface area contributed by atoms with E-state index >= 15 is 0 Å². The molecule has 1 atom stereocenters. The van der Waals surface area contributed by atoms with E-state index in [0.717, 1.165) is 4.90 Å². The summed E-state index contributed by atoms with van der Waals surface area (Å²) in [6, 6.07) is 12.4. The molecular formula is C24H29N3O5. The lowest BCUT2D eigenvalue weighted by molar-refractivity contribution is -0.124. The van der Waals surface area contributed by atoms with Crippen LogP contribution in [-0.2, 0) is 9.59 Å². The van der Waals surface area contributed by atoms with Crippen LogP contribution in [0.4, 0.5) is 16.2 Å². The molecule has 3 rings (SSSR count). The van der Waals surface area contributed by atoms with Gasteiger partial charge in [0.05, 0.1) is 25.8 Å². The monoisotopic (exact) mass is 439 g/mol. The molecule has 1 aliphatic rings. The molecule has 4 amide bonds. The third-order valence-corrected chi connectivity index (χ3v) is 5.02. The Balaban J connectivity index is 1.78. The summed E-state index contributed by atoms with van der Waals surface area (Å²) in [6.07, 6.45) is -0.134. The second kappa shape index (κ2) is 10.2. The van der Waals surface area contributed by atoms with Crippen molar-refractivity contribution in [3.05, 3.63) is 48.5 Å². The highest BCUT2D eigenvalue weighted by atomic mass is 16.5. The van der Waals surface area contributed by atoms with E-state index in [-0.39, 0.29) is 18.2 Å². The summed E-state index contributed by atoms with van der Waals surface area (Å²) >= 11 is 0. The molecule has 1 saturated heterocycles. The van der Waals surface area contributed by atoms with Gasteiger partial charge < -0.3 is 19.7 Å². The molecule has 0 unspecified atom stereocenters.